The van der Waals surface area contributed by atoms with E-state index in [1.165, 1.54) is 21.7 Å². The van der Waals surface area contributed by atoms with Crippen molar-refractivity contribution in [1.29, 1.82) is 0 Å². The zero-order valence-electron chi connectivity index (χ0n) is 9.00. The number of aryl methyl sites for hydroxylation is 1. The Labute approximate surface area is 99.5 Å². The van der Waals surface area contributed by atoms with Crippen LogP contribution in [0.1, 0.15) is 5.56 Å². The van der Waals surface area contributed by atoms with Crippen LogP contribution in [-0.4, -0.2) is 0 Å². The van der Waals surface area contributed by atoms with E-state index in [1.54, 1.807) is 0 Å². The van der Waals surface area contributed by atoms with Crippen molar-refractivity contribution in [2.24, 2.45) is 0 Å². The molecule has 0 saturated heterocycles. The summed E-state index contributed by atoms with van der Waals surface area (Å²) < 4.78 is 0. The second-order valence-corrected chi connectivity index (χ2v) is 4.57. The summed E-state index contributed by atoms with van der Waals surface area (Å²) in [6.45, 7) is 2.07. The Morgan fingerprint density at radius 1 is 0.812 bits per heavy atom. The van der Waals surface area contributed by atoms with Crippen LogP contribution >= 0.6 is 11.6 Å². The van der Waals surface area contributed by atoms with Gasteiger partial charge in [-0.3, -0.25) is 0 Å². The molecular formula is C15H11Cl. The minimum atomic E-state index is 0.834. The molecule has 0 amide bonds. The van der Waals surface area contributed by atoms with Crippen LogP contribution in [0.4, 0.5) is 0 Å². The Hall–Kier alpha value is -1.53. The smallest absolute Gasteiger partial charge is 0.0487 e. The van der Waals surface area contributed by atoms with Gasteiger partial charge in [-0.1, -0.05) is 41.9 Å². The third-order valence-electron chi connectivity index (χ3n) is 2.91. The maximum atomic E-state index is 6.26. The SMILES string of the molecule is Cc1cc(Cl)c2cc3ccccc3cc2c1. The number of rotatable bonds is 0. The molecule has 3 rings (SSSR count). The Bertz CT molecular complexity index is 683. The van der Waals surface area contributed by atoms with E-state index in [2.05, 4.69) is 49.4 Å². The van der Waals surface area contributed by atoms with Gasteiger partial charge in [0.05, 0.1) is 0 Å². The summed E-state index contributed by atoms with van der Waals surface area (Å²) in [5, 5.41) is 5.67. The van der Waals surface area contributed by atoms with Crippen molar-refractivity contribution in [3.63, 3.8) is 0 Å². The van der Waals surface area contributed by atoms with E-state index in [4.69, 9.17) is 11.6 Å². The van der Waals surface area contributed by atoms with Crippen molar-refractivity contribution in [2.45, 2.75) is 6.92 Å². The van der Waals surface area contributed by atoms with Crippen molar-refractivity contribution in [2.75, 3.05) is 0 Å². The number of benzene rings is 3. The van der Waals surface area contributed by atoms with E-state index in [0.717, 1.165) is 10.4 Å². The van der Waals surface area contributed by atoms with E-state index in [1.807, 2.05) is 6.07 Å². The predicted molar refractivity (Wildman–Crippen MR) is 71.2 cm³/mol. The van der Waals surface area contributed by atoms with Crippen molar-refractivity contribution >= 4 is 33.1 Å². The third-order valence-corrected chi connectivity index (χ3v) is 3.23. The van der Waals surface area contributed by atoms with Gasteiger partial charge < -0.3 is 0 Å². The van der Waals surface area contributed by atoms with Crippen LogP contribution in [0.2, 0.25) is 5.02 Å². The molecule has 0 unspecified atom stereocenters. The second kappa shape index (κ2) is 3.50. The van der Waals surface area contributed by atoms with Gasteiger partial charge in [-0.25, -0.2) is 0 Å². The Morgan fingerprint density at radius 2 is 1.50 bits per heavy atom. The molecule has 0 aliphatic heterocycles. The maximum Gasteiger partial charge on any atom is 0.0487 e. The summed E-state index contributed by atoms with van der Waals surface area (Å²) in [5.41, 5.74) is 1.20. The fraction of sp³-hybridized carbons (Fsp3) is 0.0667. The summed E-state index contributed by atoms with van der Waals surface area (Å²) in [6, 6.07) is 16.9. The molecule has 0 aromatic heterocycles. The van der Waals surface area contributed by atoms with Crippen LogP contribution in [0.5, 0.6) is 0 Å². The normalized spacial score (nSPS) is 11.1. The molecule has 0 N–H and O–H groups in total. The number of halogens is 1. The first-order valence-electron chi connectivity index (χ1n) is 5.33. The van der Waals surface area contributed by atoms with Crippen LogP contribution in [0.3, 0.4) is 0 Å². The fourth-order valence-corrected chi connectivity index (χ4v) is 2.48. The van der Waals surface area contributed by atoms with Crippen molar-refractivity contribution in [3.05, 3.63) is 59.1 Å². The molecule has 0 aliphatic rings. The summed E-state index contributed by atoms with van der Waals surface area (Å²) in [6.07, 6.45) is 0. The maximum absolute atomic E-state index is 6.26. The highest BCUT2D eigenvalue weighted by atomic mass is 35.5. The lowest BCUT2D eigenvalue weighted by atomic mass is 10.0. The molecule has 0 bridgehead atoms. The molecule has 16 heavy (non-hydrogen) atoms. The van der Waals surface area contributed by atoms with E-state index in [9.17, 15) is 0 Å². The van der Waals surface area contributed by atoms with Gasteiger partial charge in [-0.15, -0.1) is 0 Å². The average molecular weight is 227 g/mol. The topological polar surface area (TPSA) is 0 Å². The van der Waals surface area contributed by atoms with Crippen LogP contribution in [-0.2, 0) is 0 Å². The van der Waals surface area contributed by atoms with Crippen molar-refractivity contribution in [3.8, 4) is 0 Å². The lowest BCUT2D eigenvalue weighted by Gasteiger charge is -2.05. The quantitative estimate of drug-likeness (QED) is 0.476. The first-order valence-corrected chi connectivity index (χ1v) is 5.70. The third kappa shape index (κ3) is 1.46. The zero-order chi connectivity index (χ0) is 11.1. The lowest BCUT2D eigenvalue weighted by molar-refractivity contribution is 1.51. The van der Waals surface area contributed by atoms with Crippen LogP contribution in [0.25, 0.3) is 21.5 Å². The molecule has 3 aromatic rings. The summed E-state index contributed by atoms with van der Waals surface area (Å²) in [7, 11) is 0. The molecule has 3 aromatic carbocycles. The highest BCUT2D eigenvalue weighted by Crippen LogP contribution is 2.29. The second-order valence-electron chi connectivity index (χ2n) is 4.17. The monoisotopic (exact) mass is 226 g/mol. The average Bonchev–Trinajstić information content (AvgIpc) is 2.27. The summed E-state index contributed by atoms with van der Waals surface area (Å²) in [4.78, 5) is 0. The summed E-state index contributed by atoms with van der Waals surface area (Å²) in [5.74, 6) is 0. The van der Waals surface area contributed by atoms with Crippen molar-refractivity contribution < 1.29 is 0 Å². The minimum absolute atomic E-state index is 0.834. The standard InChI is InChI=1S/C15H11Cl/c1-10-6-13-8-11-4-2-3-5-12(11)9-14(13)15(16)7-10/h2-9H,1H3. The lowest BCUT2D eigenvalue weighted by Crippen LogP contribution is -1.79. The van der Waals surface area contributed by atoms with E-state index in [0.29, 0.717) is 0 Å². The molecule has 0 nitrogen and oxygen atoms in total. The Balaban J connectivity index is 2.51. The molecule has 0 aliphatic carbocycles. The number of hydrogen-bond donors (Lipinski definition) is 0. The molecule has 0 radical (unpaired) electrons. The molecule has 0 heterocycles. The highest BCUT2D eigenvalue weighted by molar-refractivity contribution is 6.36. The molecule has 0 saturated carbocycles. The summed E-state index contributed by atoms with van der Waals surface area (Å²) >= 11 is 6.26. The van der Waals surface area contributed by atoms with Gasteiger partial charge in [0.15, 0.2) is 0 Å². The van der Waals surface area contributed by atoms with Gasteiger partial charge in [0, 0.05) is 10.4 Å². The Morgan fingerprint density at radius 3 is 2.25 bits per heavy atom. The first kappa shape index (κ1) is 9.68. The van der Waals surface area contributed by atoms with Gasteiger partial charge in [-0.2, -0.15) is 0 Å². The first-order chi connectivity index (χ1) is 7.74. The number of hydrogen-bond acceptors (Lipinski definition) is 0. The van der Waals surface area contributed by atoms with Gasteiger partial charge in [0.25, 0.3) is 0 Å². The Kier molecular flexibility index (Phi) is 2.12. The molecule has 0 fully saturated rings. The molecule has 1 heteroatoms. The van der Waals surface area contributed by atoms with E-state index in [-0.39, 0.29) is 0 Å². The van der Waals surface area contributed by atoms with E-state index < -0.39 is 0 Å². The number of fused-ring (bicyclic) bond motifs is 2. The molecule has 78 valence electrons. The predicted octanol–water partition coefficient (Wildman–Crippen LogP) is 4.95. The van der Waals surface area contributed by atoms with Crippen molar-refractivity contribution in [1.82, 2.24) is 0 Å². The fourth-order valence-electron chi connectivity index (χ4n) is 2.15. The molecule has 0 atom stereocenters. The largest absolute Gasteiger partial charge is 0.0837 e. The zero-order valence-corrected chi connectivity index (χ0v) is 9.75. The van der Waals surface area contributed by atoms with Gasteiger partial charge in [0.1, 0.15) is 0 Å². The molecule has 0 spiro atoms. The van der Waals surface area contributed by atoms with Gasteiger partial charge >= 0.3 is 0 Å². The van der Waals surface area contributed by atoms with Crippen LogP contribution in [0, 0.1) is 6.92 Å². The minimum Gasteiger partial charge on any atom is -0.0837 e. The van der Waals surface area contributed by atoms with E-state index >= 15 is 0 Å². The van der Waals surface area contributed by atoms with Crippen LogP contribution < -0.4 is 0 Å². The molecular weight excluding hydrogens is 216 g/mol. The highest BCUT2D eigenvalue weighted by Gasteiger charge is 2.02. The van der Waals surface area contributed by atoms with Gasteiger partial charge in [-0.05, 0) is 46.8 Å². The van der Waals surface area contributed by atoms with Crippen LogP contribution in [0.15, 0.2) is 48.5 Å². The van der Waals surface area contributed by atoms with Gasteiger partial charge in [0.2, 0.25) is 0 Å².